The second kappa shape index (κ2) is 10.8. The summed E-state index contributed by atoms with van der Waals surface area (Å²) in [7, 11) is 1.64. The zero-order chi connectivity index (χ0) is 26.6. The lowest BCUT2D eigenvalue weighted by atomic mass is 10.1. The molecule has 5 aromatic rings. The number of amidine groups is 1. The molecule has 0 aliphatic carbocycles. The number of ether oxygens (including phenoxy) is 1. The normalized spacial score (nSPS) is 15.3. The quantitative estimate of drug-likeness (QED) is 0.228. The van der Waals surface area contributed by atoms with Crippen LogP contribution < -0.4 is 9.64 Å². The smallest absolute Gasteiger partial charge is 0.271 e. The highest BCUT2D eigenvalue weighted by molar-refractivity contribution is 8.19. The number of aromatic nitrogens is 3. The number of pyridine rings is 1. The highest BCUT2D eigenvalue weighted by atomic mass is 32.2. The molecule has 1 aliphatic rings. The van der Waals surface area contributed by atoms with E-state index in [1.165, 1.54) is 11.8 Å². The highest BCUT2D eigenvalue weighted by Crippen LogP contribution is 2.38. The van der Waals surface area contributed by atoms with E-state index in [0.29, 0.717) is 15.9 Å². The fourth-order valence-electron chi connectivity index (χ4n) is 4.19. The van der Waals surface area contributed by atoms with Gasteiger partial charge in [0.25, 0.3) is 5.91 Å². The molecule has 0 radical (unpaired) electrons. The Morgan fingerprint density at radius 2 is 1.54 bits per heavy atom. The molecule has 1 aliphatic heterocycles. The van der Waals surface area contributed by atoms with Crippen molar-refractivity contribution in [1.82, 2.24) is 14.8 Å². The molecule has 6 rings (SSSR count). The average molecular weight is 530 g/mol. The molecule has 1 saturated heterocycles. The molecule has 190 valence electrons. The van der Waals surface area contributed by atoms with Crippen LogP contribution in [0.25, 0.3) is 23.0 Å². The third kappa shape index (κ3) is 5.10. The molecule has 0 unspecified atom stereocenters. The zero-order valence-corrected chi connectivity index (χ0v) is 21.8. The van der Waals surface area contributed by atoms with Gasteiger partial charge in [-0.3, -0.25) is 9.69 Å². The summed E-state index contributed by atoms with van der Waals surface area (Å²) >= 11 is 1.32. The third-order valence-electron chi connectivity index (χ3n) is 6.09. The van der Waals surface area contributed by atoms with Gasteiger partial charge in [0, 0.05) is 23.5 Å². The van der Waals surface area contributed by atoms with Gasteiger partial charge in [-0.05, 0) is 78.5 Å². The molecule has 1 amide bonds. The predicted molar refractivity (Wildman–Crippen MR) is 156 cm³/mol. The largest absolute Gasteiger partial charge is 0.497 e. The van der Waals surface area contributed by atoms with Crippen LogP contribution in [0.4, 0.5) is 11.5 Å². The van der Waals surface area contributed by atoms with Crippen LogP contribution in [0.15, 0.2) is 125 Å². The highest BCUT2D eigenvalue weighted by Gasteiger charge is 2.35. The van der Waals surface area contributed by atoms with Crippen molar-refractivity contribution in [3.63, 3.8) is 0 Å². The van der Waals surface area contributed by atoms with Gasteiger partial charge < -0.3 is 4.74 Å². The van der Waals surface area contributed by atoms with E-state index in [9.17, 15) is 4.79 Å². The maximum atomic E-state index is 13.8. The monoisotopic (exact) mass is 529 g/mol. The number of anilines is 1. The van der Waals surface area contributed by atoms with Gasteiger partial charge in [-0.1, -0.05) is 42.5 Å². The number of nitrogens with zero attached hydrogens (tertiary/aromatic N) is 5. The molecular weight excluding hydrogens is 506 g/mol. The summed E-state index contributed by atoms with van der Waals surface area (Å²) in [5, 5.41) is 5.43. The maximum absolute atomic E-state index is 13.8. The number of methoxy groups -OCH3 is 1. The summed E-state index contributed by atoms with van der Waals surface area (Å²) in [5.41, 5.74) is 4.14. The van der Waals surface area contributed by atoms with E-state index in [4.69, 9.17) is 14.8 Å². The van der Waals surface area contributed by atoms with Crippen LogP contribution in [0, 0.1) is 0 Å². The molecule has 1 fully saturated rings. The van der Waals surface area contributed by atoms with Gasteiger partial charge in [-0.15, -0.1) is 0 Å². The van der Waals surface area contributed by atoms with Crippen LogP contribution in [0.5, 0.6) is 5.75 Å². The van der Waals surface area contributed by atoms with Gasteiger partial charge in [0.05, 0.1) is 29.1 Å². The number of benzene rings is 3. The molecule has 8 heteroatoms. The summed E-state index contributed by atoms with van der Waals surface area (Å²) in [6.45, 7) is 0. The van der Waals surface area contributed by atoms with Crippen LogP contribution in [0.1, 0.15) is 5.56 Å². The molecule has 0 saturated carbocycles. The van der Waals surface area contributed by atoms with Crippen LogP contribution in [0.2, 0.25) is 0 Å². The summed E-state index contributed by atoms with van der Waals surface area (Å²) in [6.07, 6.45) is 5.51. The SMILES string of the molecule is COc1ccc(-c2nn(-c3ccccc3)cc2/C=C2\S/C(=N/c3ccccn3)N(c3ccccc3)C2=O)cc1. The summed E-state index contributed by atoms with van der Waals surface area (Å²) in [5.74, 6) is 1.14. The number of hydrogen-bond acceptors (Lipinski definition) is 6. The number of aliphatic imine (C=N–C) groups is 1. The minimum Gasteiger partial charge on any atom is -0.497 e. The molecule has 7 nitrogen and oxygen atoms in total. The van der Waals surface area contributed by atoms with E-state index < -0.39 is 0 Å². The number of para-hydroxylation sites is 2. The number of carbonyl (C=O) groups excluding carboxylic acids is 1. The van der Waals surface area contributed by atoms with Crippen LogP contribution in [-0.2, 0) is 4.79 Å². The van der Waals surface area contributed by atoms with E-state index in [1.54, 1.807) is 18.2 Å². The van der Waals surface area contributed by atoms with E-state index >= 15 is 0 Å². The molecule has 3 heterocycles. The van der Waals surface area contributed by atoms with Crippen molar-refractivity contribution >= 4 is 40.4 Å². The second-order valence-corrected chi connectivity index (χ2v) is 9.62. The lowest BCUT2D eigenvalue weighted by molar-refractivity contribution is -0.113. The van der Waals surface area contributed by atoms with Gasteiger partial charge in [-0.2, -0.15) is 5.10 Å². The summed E-state index contributed by atoms with van der Waals surface area (Å²) in [4.78, 5) is 25.0. The van der Waals surface area contributed by atoms with Crippen molar-refractivity contribution < 1.29 is 9.53 Å². The predicted octanol–water partition coefficient (Wildman–Crippen LogP) is 6.75. The number of carbonyl (C=O) groups is 1. The van der Waals surface area contributed by atoms with Gasteiger partial charge in [0.15, 0.2) is 11.0 Å². The third-order valence-corrected chi connectivity index (χ3v) is 7.06. The van der Waals surface area contributed by atoms with E-state index in [0.717, 1.165) is 33.9 Å². The topological polar surface area (TPSA) is 72.6 Å². The lowest BCUT2D eigenvalue weighted by Gasteiger charge is -2.15. The molecule has 0 bridgehead atoms. The molecule has 3 aromatic carbocycles. The van der Waals surface area contributed by atoms with E-state index in [1.807, 2.05) is 120 Å². The molecule has 0 atom stereocenters. The van der Waals surface area contributed by atoms with Crippen molar-refractivity contribution in [2.24, 2.45) is 4.99 Å². The van der Waals surface area contributed by atoms with Crippen molar-refractivity contribution in [2.45, 2.75) is 0 Å². The van der Waals surface area contributed by atoms with Crippen LogP contribution in [-0.4, -0.2) is 32.9 Å². The van der Waals surface area contributed by atoms with Gasteiger partial charge in [-0.25, -0.2) is 14.7 Å². The minimum atomic E-state index is -0.158. The van der Waals surface area contributed by atoms with Crippen molar-refractivity contribution in [2.75, 3.05) is 12.0 Å². The van der Waals surface area contributed by atoms with Crippen molar-refractivity contribution in [1.29, 1.82) is 0 Å². The number of amides is 1. The first kappa shape index (κ1) is 24.4. The minimum absolute atomic E-state index is 0.158. The van der Waals surface area contributed by atoms with E-state index in [-0.39, 0.29) is 5.91 Å². The Hall–Kier alpha value is -4.95. The second-order valence-electron chi connectivity index (χ2n) is 8.61. The Labute approximate surface area is 230 Å². The molecule has 39 heavy (non-hydrogen) atoms. The first-order valence-electron chi connectivity index (χ1n) is 12.3. The van der Waals surface area contributed by atoms with Crippen molar-refractivity contribution in [3.8, 4) is 22.7 Å². The Kier molecular flexibility index (Phi) is 6.76. The number of thioether (sulfide) groups is 1. The average Bonchev–Trinajstić information content (AvgIpc) is 3.55. The van der Waals surface area contributed by atoms with Crippen LogP contribution in [0.3, 0.4) is 0 Å². The molecule has 2 aromatic heterocycles. The molecule has 0 spiro atoms. The Bertz CT molecular complexity index is 1670. The summed E-state index contributed by atoms with van der Waals surface area (Å²) in [6, 6.07) is 32.7. The Morgan fingerprint density at radius 3 is 2.21 bits per heavy atom. The van der Waals surface area contributed by atoms with Crippen LogP contribution >= 0.6 is 11.8 Å². The fourth-order valence-corrected chi connectivity index (χ4v) is 5.17. The van der Waals surface area contributed by atoms with Gasteiger partial charge in [0.2, 0.25) is 0 Å². The first-order valence-corrected chi connectivity index (χ1v) is 13.1. The first-order chi connectivity index (χ1) is 19.2. The maximum Gasteiger partial charge on any atom is 0.271 e. The Morgan fingerprint density at radius 1 is 0.846 bits per heavy atom. The van der Waals surface area contributed by atoms with Crippen molar-refractivity contribution in [3.05, 3.63) is 126 Å². The Balaban J connectivity index is 1.46. The lowest BCUT2D eigenvalue weighted by Crippen LogP contribution is -2.28. The van der Waals surface area contributed by atoms with Gasteiger partial charge in [0.1, 0.15) is 5.75 Å². The molecular formula is C31H23N5O2S. The van der Waals surface area contributed by atoms with E-state index in [2.05, 4.69) is 4.98 Å². The standard InChI is InChI=1S/C31H23N5O2S/c1-38-26-17-15-22(16-18-26)29-23(21-35(34-29)24-10-4-2-5-11-24)20-27-30(37)36(25-12-6-3-7-13-25)31(39-27)33-28-14-8-9-19-32-28/h2-21H,1H3/b27-20-,33-31+. The fraction of sp³-hybridized carbons (Fsp3) is 0.0323. The summed E-state index contributed by atoms with van der Waals surface area (Å²) < 4.78 is 7.16. The molecule has 0 N–H and O–H groups in total. The zero-order valence-electron chi connectivity index (χ0n) is 21.0. The number of hydrogen-bond donors (Lipinski definition) is 0. The van der Waals surface area contributed by atoms with Gasteiger partial charge >= 0.3 is 0 Å². The number of rotatable bonds is 6.